The fourth-order valence-electron chi connectivity index (χ4n) is 3.27. The lowest BCUT2D eigenvalue weighted by atomic mass is 10.3. The number of nitrogens with zero attached hydrogens (tertiary/aromatic N) is 4. The largest absolute Gasteiger partial charge is 0.494 e. The number of aromatic hydroxyl groups is 1. The van der Waals surface area contributed by atoms with E-state index in [0.717, 1.165) is 46.8 Å². The molecule has 3 rings (SSSR count). The number of benzene rings is 1. The van der Waals surface area contributed by atoms with Crippen LogP contribution in [0.15, 0.2) is 38.8 Å². The molecular weight excluding hydrogens is 420 g/mol. The zero-order chi connectivity index (χ0) is 22.5. The third kappa shape index (κ3) is 5.01. The molecule has 1 fully saturated rings. The minimum Gasteiger partial charge on any atom is -0.494 e. The predicted molar refractivity (Wildman–Crippen MR) is 121 cm³/mol. The molecule has 1 amide bonds. The van der Waals surface area contributed by atoms with E-state index in [1.54, 1.807) is 29.2 Å². The zero-order valence-corrected chi connectivity index (χ0v) is 18.6. The molecule has 9 nitrogen and oxygen atoms in total. The van der Waals surface area contributed by atoms with Crippen LogP contribution >= 0.6 is 11.8 Å². The van der Waals surface area contributed by atoms with Gasteiger partial charge in [-0.25, -0.2) is 9.79 Å². The van der Waals surface area contributed by atoms with E-state index in [2.05, 4.69) is 4.99 Å². The second-order valence-corrected chi connectivity index (χ2v) is 8.09. The van der Waals surface area contributed by atoms with Crippen molar-refractivity contribution in [1.82, 2.24) is 14.0 Å². The molecule has 0 saturated carbocycles. The van der Waals surface area contributed by atoms with Crippen molar-refractivity contribution in [2.75, 3.05) is 25.4 Å². The van der Waals surface area contributed by atoms with Gasteiger partial charge in [-0.05, 0) is 44.0 Å². The monoisotopic (exact) mass is 446 g/mol. The number of hydrogen-bond acceptors (Lipinski definition) is 7. The van der Waals surface area contributed by atoms with Crippen molar-refractivity contribution in [1.29, 1.82) is 0 Å². The summed E-state index contributed by atoms with van der Waals surface area (Å²) in [6.07, 6.45) is 1.96. The fourth-order valence-corrected chi connectivity index (χ4v) is 4.21. The average molecular weight is 447 g/mol. The van der Waals surface area contributed by atoms with Crippen molar-refractivity contribution in [2.24, 2.45) is 19.1 Å². The quantitative estimate of drug-likeness (QED) is 0.534. The molecule has 0 bridgehead atoms. The lowest BCUT2D eigenvalue weighted by Gasteiger charge is -2.16. The van der Waals surface area contributed by atoms with Crippen LogP contribution in [0.25, 0.3) is 0 Å². The Balaban J connectivity index is 2.01. The Bertz CT molecular complexity index is 1100. The molecule has 1 aromatic heterocycles. The van der Waals surface area contributed by atoms with Crippen LogP contribution in [0.5, 0.6) is 11.6 Å². The van der Waals surface area contributed by atoms with E-state index in [1.807, 2.05) is 6.92 Å². The topological polar surface area (TPSA) is 106 Å². The molecule has 2 heterocycles. The van der Waals surface area contributed by atoms with E-state index in [4.69, 9.17) is 4.74 Å². The first-order chi connectivity index (χ1) is 14.8. The first-order valence-electron chi connectivity index (χ1n) is 10.0. The minimum atomic E-state index is -0.675. The predicted octanol–water partition coefficient (Wildman–Crippen LogP) is 1.62. The van der Waals surface area contributed by atoms with E-state index < -0.39 is 17.1 Å². The summed E-state index contributed by atoms with van der Waals surface area (Å²) in [5.41, 5.74) is -0.913. The Morgan fingerprint density at radius 3 is 2.39 bits per heavy atom. The van der Waals surface area contributed by atoms with Gasteiger partial charge in [-0.2, -0.15) is 0 Å². The number of hydrogen-bond donors (Lipinski definition) is 1. The van der Waals surface area contributed by atoms with Crippen LogP contribution in [0, 0.1) is 0 Å². The van der Waals surface area contributed by atoms with Gasteiger partial charge >= 0.3 is 5.69 Å². The van der Waals surface area contributed by atoms with Crippen molar-refractivity contribution < 1.29 is 14.6 Å². The maximum Gasteiger partial charge on any atom is 0.333 e. The standard InChI is InChI=1S/C21H26N4O5S/c1-4-30-15-9-7-14(8-10-15)22-18(31-13-16(26)25-11-5-6-12-25)17-19(27)23(2)21(29)24(3)20(17)28/h7-10,27H,4-6,11-13H2,1-3H3. The SMILES string of the molecule is CCOc1ccc(N=C(SCC(=O)N2CCCC2)c2c(O)n(C)c(=O)n(C)c2=O)cc1. The second kappa shape index (κ2) is 9.86. The number of amides is 1. The number of carbonyl (C=O) groups excluding carboxylic acids is 1. The maximum atomic E-state index is 12.8. The number of likely N-dealkylation sites (tertiary alicyclic amines) is 1. The highest BCUT2D eigenvalue weighted by Gasteiger charge is 2.24. The summed E-state index contributed by atoms with van der Waals surface area (Å²) in [6, 6.07) is 6.94. The zero-order valence-electron chi connectivity index (χ0n) is 17.8. The Labute approximate surface area is 184 Å². The minimum absolute atomic E-state index is 0.0528. The van der Waals surface area contributed by atoms with Gasteiger partial charge in [0.1, 0.15) is 16.4 Å². The first-order valence-corrected chi connectivity index (χ1v) is 11.0. The van der Waals surface area contributed by atoms with Gasteiger partial charge in [-0.15, -0.1) is 0 Å². The molecule has 1 saturated heterocycles. The fraction of sp³-hybridized carbons (Fsp3) is 0.429. The van der Waals surface area contributed by atoms with Gasteiger partial charge in [0.15, 0.2) is 0 Å². The molecular formula is C21H26N4O5S. The molecule has 1 aromatic carbocycles. The van der Waals surface area contributed by atoms with Crippen molar-refractivity contribution in [2.45, 2.75) is 19.8 Å². The van der Waals surface area contributed by atoms with E-state index in [9.17, 15) is 19.5 Å². The Kier molecular flexibility index (Phi) is 7.21. The van der Waals surface area contributed by atoms with E-state index in [1.165, 1.54) is 14.1 Å². The molecule has 0 unspecified atom stereocenters. The van der Waals surface area contributed by atoms with Gasteiger partial charge in [0.05, 0.1) is 18.0 Å². The normalized spacial score (nSPS) is 14.2. The van der Waals surface area contributed by atoms with Crippen molar-refractivity contribution in [3.8, 4) is 11.6 Å². The Hall–Kier alpha value is -3.01. The van der Waals surface area contributed by atoms with E-state index in [0.29, 0.717) is 18.0 Å². The lowest BCUT2D eigenvalue weighted by molar-refractivity contribution is -0.127. The molecule has 0 aliphatic carbocycles. The lowest BCUT2D eigenvalue weighted by Crippen LogP contribution is -2.40. The number of aliphatic imine (C=N–C) groups is 1. The third-order valence-corrected chi connectivity index (χ3v) is 5.98. The average Bonchev–Trinajstić information content (AvgIpc) is 3.31. The summed E-state index contributed by atoms with van der Waals surface area (Å²) < 4.78 is 7.32. The van der Waals surface area contributed by atoms with Crippen molar-refractivity contribution in [3.05, 3.63) is 50.7 Å². The van der Waals surface area contributed by atoms with Crippen LogP contribution in [0.3, 0.4) is 0 Å². The number of ether oxygens (including phenoxy) is 1. The molecule has 31 heavy (non-hydrogen) atoms. The van der Waals surface area contributed by atoms with Gasteiger partial charge < -0.3 is 14.7 Å². The highest BCUT2D eigenvalue weighted by atomic mass is 32.2. The van der Waals surface area contributed by atoms with Crippen molar-refractivity contribution in [3.63, 3.8) is 0 Å². The van der Waals surface area contributed by atoms with Gasteiger partial charge in [0.2, 0.25) is 11.8 Å². The van der Waals surface area contributed by atoms with Gasteiger partial charge in [0, 0.05) is 27.2 Å². The number of carbonyl (C=O) groups is 1. The van der Waals surface area contributed by atoms with Crippen molar-refractivity contribution >= 4 is 28.4 Å². The molecule has 10 heteroatoms. The summed E-state index contributed by atoms with van der Waals surface area (Å²) in [7, 11) is 2.71. The summed E-state index contributed by atoms with van der Waals surface area (Å²) >= 11 is 1.07. The van der Waals surface area contributed by atoms with E-state index in [-0.39, 0.29) is 22.3 Å². The summed E-state index contributed by atoms with van der Waals surface area (Å²) in [4.78, 5) is 43.8. The number of aromatic nitrogens is 2. The molecule has 0 spiro atoms. The maximum absolute atomic E-state index is 12.8. The van der Waals surface area contributed by atoms with Crippen LogP contribution in [-0.4, -0.2) is 55.5 Å². The van der Waals surface area contributed by atoms with Gasteiger partial charge in [-0.3, -0.25) is 18.7 Å². The second-order valence-electron chi connectivity index (χ2n) is 7.12. The highest BCUT2D eigenvalue weighted by molar-refractivity contribution is 8.15. The van der Waals surface area contributed by atoms with E-state index >= 15 is 0 Å². The molecule has 2 aromatic rings. The number of thioether (sulfide) groups is 1. The molecule has 166 valence electrons. The van der Waals surface area contributed by atoms with Crippen LogP contribution in [0.2, 0.25) is 0 Å². The summed E-state index contributed by atoms with van der Waals surface area (Å²) in [6.45, 7) is 3.86. The molecule has 0 radical (unpaired) electrons. The van der Waals surface area contributed by atoms with Gasteiger partial charge in [0.25, 0.3) is 5.56 Å². The third-order valence-electron chi connectivity index (χ3n) is 5.02. The van der Waals surface area contributed by atoms with Crippen LogP contribution in [0.1, 0.15) is 25.3 Å². The summed E-state index contributed by atoms with van der Waals surface area (Å²) in [5, 5.41) is 10.7. The highest BCUT2D eigenvalue weighted by Crippen LogP contribution is 2.25. The van der Waals surface area contributed by atoms with Crippen LogP contribution < -0.4 is 16.0 Å². The smallest absolute Gasteiger partial charge is 0.333 e. The van der Waals surface area contributed by atoms with Gasteiger partial charge in [-0.1, -0.05) is 11.8 Å². The molecule has 1 aliphatic rings. The van der Waals surface area contributed by atoms with Crippen LogP contribution in [0.4, 0.5) is 5.69 Å². The first kappa shape index (κ1) is 22.7. The number of rotatable bonds is 6. The van der Waals surface area contributed by atoms with Crippen LogP contribution in [-0.2, 0) is 18.9 Å². The molecule has 1 aliphatic heterocycles. The summed E-state index contributed by atoms with van der Waals surface area (Å²) in [5.74, 6) is 0.212. The molecule has 0 atom stereocenters. The Morgan fingerprint density at radius 2 is 1.77 bits per heavy atom. The Morgan fingerprint density at radius 1 is 1.13 bits per heavy atom. The molecule has 1 N–H and O–H groups in total.